The summed E-state index contributed by atoms with van der Waals surface area (Å²) in [5.74, 6) is 2.14. The Balaban J connectivity index is 2.22. The molecule has 1 N–H and O–H groups in total. The minimum absolute atomic E-state index is 0.374. The van der Waals surface area contributed by atoms with Gasteiger partial charge in [-0.25, -0.2) is 9.97 Å². The van der Waals surface area contributed by atoms with Crippen LogP contribution >= 0.6 is 0 Å². The molecular formula is C17H30N4. The van der Waals surface area contributed by atoms with E-state index in [2.05, 4.69) is 49.8 Å². The molecule has 1 aliphatic rings. The largest absolute Gasteiger partial charge is 0.368 e. The lowest BCUT2D eigenvalue weighted by Gasteiger charge is -2.22. The first-order valence-electron chi connectivity index (χ1n) is 8.35. The predicted octanol–water partition coefficient (Wildman–Crippen LogP) is 3.33. The van der Waals surface area contributed by atoms with Crippen LogP contribution in [0.1, 0.15) is 64.9 Å². The van der Waals surface area contributed by atoms with Crippen molar-refractivity contribution in [2.24, 2.45) is 5.92 Å². The van der Waals surface area contributed by atoms with E-state index in [0.29, 0.717) is 12.0 Å². The lowest BCUT2D eigenvalue weighted by molar-refractivity contribution is 0.565. The molecule has 0 saturated carbocycles. The van der Waals surface area contributed by atoms with Gasteiger partial charge in [0, 0.05) is 31.6 Å². The van der Waals surface area contributed by atoms with E-state index in [0.717, 1.165) is 37.1 Å². The summed E-state index contributed by atoms with van der Waals surface area (Å²) < 4.78 is 0. The third-order valence-electron chi connectivity index (χ3n) is 4.26. The number of hydrogen-bond acceptors (Lipinski definition) is 4. The molecule has 2 rings (SSSR count). The number of hydrogen-bond donors (Lipinski definition) is 1. The molecule has 0 aliphatic carbocycles. The standard InChI is InChI=1S/C17H30N4/c1-6-14-7-8-21(11-14)16-10-19-17(12(2)3)20-15(16)9-18-13(4)5/h10,12-14,18H,6-9,11H2,1-5H3. The van der Waals surface area contributed by atoms with Crippen molar-refractivity contribution in [3.8, 4) is 0 Å². The molecule has 1 aromatic rings. The average molecular weight is 290 g/mol. The first kappa shape index (κ1) is 16.2. The monoisotopic (exact) mass is 290 g/mol. The van der Waals surface area contributed by atoms with Crippen LogP contribution in [0.2, 0.25) is 0 Å². The molecular weight excluding hydrogens is 260 g/mol. The van der Waals surface area contributed by atoms with E-state index in [1.807, 2.05) is 6.20 Å². The Morgan fingerprint density at radius 1 is 1.33 bits per heavy atom. The molecule has 2 heterocycles. The van der Waals surface area contributed by atoms with Gasteiger partial charge in [0.25, 0.3) is 0 Å². The van der Waals surface area contributed by atoms with Crippen molar-refractivity contribution in [1.29, 1.82) is 0 Å². The Morgan fingerprint density at radius 3 is 2.67 bits per heavy atom. The summed E-state index contributed by atoms with van der Waals surface area (Å²) in [5, 5.41) is 3.50. The van der Waals surface area contributed by atoms with Gasteiger partial charge in [0.15, 0.2) is 0 Å². The summed E-state index contributed by atoms with van der Waals surface area (Å²) in [4.78, 5) is 11.9. The molecule has 0 amide bonds. The van der Waals surface area contributed by atoms with Gasteiger partial charge in [0.05, 0.1) is 17.6 Å². The van der Waals surface area contributed by atoms with Crippen LogP contribution in [0.15, 0.2) is 6.20 Å². The van der Waals surface area contributed by atoms with Gasteiger partial charge >= 0.3 is 0 Å². The molecule has 1 fully saturated rings. The zero-order valence-corrected chi connectivity index (χ0v) is 14.2. The summed E-state index contributed by atoms with van der Waals surface area (Å²) in [6.45, 7) is 14.0. The molecule has 1 aliphatic heterocycles. The number of anilines is 1. The number of nitrogens with one attached hydrogen (secondary N) is 1. The second-order valence-corrected chi connectivity index (χ2v) is 6.76. The maximum absolute atomic E-state index is 4.82. The second kappa shape index (κ2) is 7.21. The highest BCUT2D eigenvalue weighted by molar-refractivity contribution is 5.50. The molecule has 4 heteroatoms. The second-order valence-electron chi connectivity index (χ2n) is 6.76. The minimum atomic E-state index is 0.374. The topological polar surface area (TPSA) is 41.1 Å². The van der Waals surface area contributed by atoms with Crippen LogP contribution in [0, 0.1) is 5.92 Å². The Kier molecular flexibility index (Phi) is 5.57. The Hall–Kier alpha value is -1.16. The highest BCUT2D eigenvalue weighted by Crippen LogP contribution is 2.28. The van der Waals surface area contributed by atoms with Crippen molar-refractivity contribution < 1.29 is 0 Å². The number of nitrogens with zero attached hydrogens (tertiary/aromatic N) is 3. The SMILES string of the molecule is CCC1CCN(c2cnc(C(C)C)nc2CNC(C)C)C1. The Labute approximate surface area is 129 Å². The van der Waals surface area contributed by atoms with Gasteiger partial charge in [-0.1, -0.05) is 41.0 Å². The van der Waals surface area contributed by atoms with Crippen LogP contribution in [0.4, 0.5) is 5.69 Å². The Morgan fingerprint density at radius 2 is 2.10 bits per heavy atom. The molecule has 1 aromatic heterocycles. The zero-order chi connectivity index (χ0) is 15.4. The smallest absolute Gasteiger partial charge is 0.131 e. The molecule has 21 heavy (non-hydrogen) atoms. The van der Waals surface area contributed by atoms with Gasteiger partial charge in [-0.05, 0) is 12.3 Å². The van der Waals surface area contributed by atoms with Gasteiger partial charge in [-0.2, -0.15) is 0 Å². The van der Waals surface area contributed by atoms with Gasteiger partial charge in [-0.3, -0.25) is 0 Å². The molecule has 1 unspecified atom stereocenters. The van der Waals surface area contributed by atoms with E-state index in [1.54, 1.807) is 0 Å². The van der Waals surface area contributed by atoms with Crippen molar-refractivity contribution in [1.82, 2.24) is 15.3 Å². The van der Waals surface area contributed by atoms with Crippen LogP contribution in [0.3, 0.4) is 0 Å². The molecule has 0 bridgehead atoms. The maximum Gasteiger partial charge on any atom is 0.131 e. The third-order valence-corrected chi connectivity index (χ3v) is 4.26. The fourth-order valence-electron chi connectivity index (χ4n) is 2.78. The summed E-state index contributed by atoms with van der Waals surface area (Å²) in [5.41, 5.74) is 2.38. The van der Waals surface area contributed by atoms with Crippen LogP contribution in [-0.4, -0.2) is 29.1 Å². The minimum Gasteiger partial charge on any atom is -0.368 e. The molecule has 118 valence electrons. The third kappa shape index (κ3) is 4.16. The van der Waals surface area contributed by atoms with Crippen LogP contribution in [0.5, 0.6) is 0 Å². The fourth-order valence-corrected chi connectivity index (χ4v) is 2.78. The van der Waals surface area contributed by atoms with Crippen molar-refractivity contribution in [3.63, 3.8) is 0 Å². The van der Waals surface area contributed by atoms with Crippen molar-refractivity contribution in [2.75, 3.05) is 18.0 Å². The highest BCUT2D eigenvalue weighted by Gasteiger charge is 2.24. The normalized spacial score (nSPS) is 19.0. The number of rotatable bonds is 6. The lowest BCUT2D eigenvalue weighted by atomic mass is 10.1. The maximum atomic E-state index is 4.82. The Bertz CT molecular complexity index is 456. The van der Waals surface area contributed by atoms with E-state index in [9.17, 15) is 0 Å². The zero-order valence-electron chi connectivity index (χ0n) is 14.2. The number of aromatic nitrogens is 2. The molecule has 4 nitrogen and oxygen atoms in total. The summed E-state index contributed by atoms with van der Waals surface area (Å²) in [7, 11) is 0. The molecule has 1 atom stereocenters. The summed E-state index contributed by atoms with van der Waals surface area (Å²) >= 11 is 0. The molecule has 1 saturated heterocycles. The van der Waals surface area contributed by atoms with Gasteiger partial charge in [0.1, 0.15) is 5.82 Å². The van der Waals surface area contributed by atoms with Crippen LogP contribution < -0.4 is 10.2 Å². The molecule has 0 radical (unpaired) electrons. The van der Waals surface area contributed by atoms with Crippen molar-refractivity contribution in [3.05, 3.63) is 17.7 Å². The van der Waals surface area contributed by atoms with Crippen molar-refractivity contribution in [2.45, 2.75) is 66.0 Å². The first-order chi connectivity index (χ1) is 10.0. The van der Waals surface area contributed by atoms with Gasteiger partial charge in [-0.15, -0.1) is 0 Å². The van der Waals surface area contributed by atoms with Crippen molar-refractivity contribution >= 4 is 5.69 Å². The molecule has 0 aromatic carbocycles. The van der Waals surface area contributed by atoms with E-state index in [4.69, 9.17) is 4.98 Å². The highest BCUT2D eigenvalue weighted by atomic mass is 15.2. The van der Waals surface area contributed by atoms with E-state index in [-0.39, 0.29) is 0 Å². The van der Waals surface area contributed by atoms with E-state index in [1.165, 1.54) is 18.5 Å². The van der Waals surface area contributed by atoms with Gasteiger partial charge in [0.2, 0.25) is 0 Å². The molecule has 0 spiro atoms. The predicted molar refractivity (Wildman–Crippen MR) is 88.7 cm³/mol. The first-order valence-corrected chi connectivity index (χ1v) is 8.35. The van der Waals surface area contributed by atoms with Crippen LogP contribution in [-0.2, 0) is 6.54 Å². The van der Waals surface area contributed by atoms with Crippen LogP contribution in [0.25, 0.3) is 0 Å². The van der Waals surface area contributed by atoms with E-state index < -0.39 is 0 Å². The lowest BCUT2D eigenvalue weighted by Crippen LogP contribution is -2.27. The quantitative estimate of drug-likeness (QED) is 0.872. The average Bonchev–Trinajstić information content (AvgIpc) is 2.93. The summed E-state index contributed by atoms with van der Waals surface area (Å²) in [6, 6.07) is 0.470. The fraction of sp³-hybridized carbons (Fsp3) is 0.765. The van der Waals surface area contributed by atoms with Gasteiger partial charge < -0.3 is 10.2 Å². The summed E-state index contributed by atoms with van der Waals surface area (Å²) in [6.07, 6.45) is 4.60. The van der Waals surface area contributed by atoms with E-state index >= 15 is 0 Å².